The number of hydrogen-bond acceptors (Lipinski definition) is 3. The van der Waals surface area contributed by atoms with Crippen molar-refractivity contribution in [3.8, 4) is 6.07 Å². The van der Waals surface area contributed by atoms with Crippen LogP contribution in [0.3, 0.4) is 0 Å². The van der Waals surface area contributed by atoms with Crippen LogP contribution in [0.5, 0.6) is 0 Å². The van der Waals surface area contributed by atoms with Gasteiger partial charge in [0.15, 0.2) is 0 Å². The van der Waals surface area contributed by atoms with E-state index in [1.807, 2.05) is 6.07 Å². The summed E-state index contributed by atoms with van der Waals surface area (Å²) in [6.45, 7) is 3.28. The van der Waals surface area contributed by atoms with Gasteiger partial charge in [-0.2, -0.15) is 5.26 Å². The molecule has 0 aromatic rings. The first kappa shape index (κ1) is 8.47. The van der Waals surface area contributed by atoms with E-state index in [0.29, 0.717) is 0 Å². The van der Waals surface area contributed by atoms with Gasteiger partial charge in [0.05, 0.1) is 6.07 Å². The summed E-state index contributed by atoms with van der Waals surface area (Å²) in [7, 11) is -1.38. The smallest absolute Gasteiger partial charge is 0.427 e. The molecule has 4 heteroatoms. The minimum Gasteiger partial charge on any atom is -0.427 e. The van der Waals surface area contributed by atoms with Crippen molar-refractivity contribution < 1.29 is 10.0 Å². The molecule has 0 saturated carbocycles. The molecular weight excluding hydrogens is 117 g/mol. The van der Waals surface area contributed by atoms with Crippen molar-refractivity contribution in [2.45, 2.75) is 19.7 Å². The van der Waals surface area contributed by atoms with E-state index in [2.05, 4.69) is 0 Å². The van der Waals surface area contributed by atoms with Crippen molar-refractivity contribution in [3.05, 3.63) is 0 Å². The van der Waals surface area contributed by atoms with E-state index in [0.717, 1.165) is 0 Å². The quantitative estimate of drug-likeness (QED) is 0.513. The molecule has 0 aromatic carbocycles. The van der Waals surface area contributed by atoms with Crippen molar-refractivity contribution in [1.82, 2.24) is 0 Å². The van der Waals surface area contributed by atoms with Crippen molar-refractivity contribution in [2.75, 3.05) is 0 Å². The summed E-state index contributed by atoms with van der Waals surface area (Å²) in [6.07, 6.45) is 0. The molecule has 0 amide bonds. The summed E-state index contributed by atoms with van der Waals surface area (Å²) >= 11 is 0. The first-order valence-corrected chi connectivity index (χ1v) is 2.85. The highest BCUT2D eigenvalue weighted by Crippen LogP contribution is 2.16. The van der Waals surface area contributed by atoms with Crippen molar-refractivity contribution >= 4 is 7.12 Å². The molecule has 3 nitrogen and oxygen atoms in total. The topological polar surface area (TPSA) is 64.2 Å². The summed E-state index contributed by atoms with van der Waals surface area (Å²) in [6, 6.07) is 1.93. The molecule has 0 heterocycles. The van der Waals surface area contributed by atoms with E-state index in [4.69, 9.17) is 15.3 Å². The minimum absolute atomic E-state index is 0.301. The molecule has 2 N–H and O–H groups in total. The second-order valence-electron chi connectivity index (χ2n) is 2.19. The van der Waals surface area contributed by atoms with Gasteiger partial charge in [-0.15, -0.1) is 0 Å². The average molecular weight is 127 g/mol. The van der Waals surface area contributed by atoms with Crippen LogP contribution in [-0.2, 0) is 0 Å². The Balaban J connectivity index is 3.76. The maximum absolute atomic E-state index is 8.53. The van der Waals surface area contributed by atoms with Gasteiger partial charge in [-0.05, 0) is 6.92 Å². The SMILES string of the molecule is CC(C#N)C(C)B(O)O. The molecule has 0 spiro atoms. The zero-order valence-corrected chi connectivity index (χ0v) is 5.57. The van der Waals surface area contributed by atoms with Crippen LogP contribution in [0.1, 0.15) is 13.8 Å². The van der Waals surface area contributed by atoms with Crippen molar-refractivity contribution in [3.63, 3.8) is 0 Å². The van der Waals surface area contributed by atoms with Crippen molar-refractivity contribution in [1.29, 1.82) is 5.26 Å². The van der Waals surface area contributed by atoms with Crippen LogP contribution in [0.25, 0.3) is 0 Å². The highest BCUT2D eigenvalue weighted by Gasteiger charge is 2.23. The fourth-order valence-electron chi connectivity index (χ4n) is 0.376. The molecule has 9 heavy (non-hydrogen) atoms. The third kappa shape index (κ3) is 2.50. The van der Waals surface area contributed by atoms with Crippen LogP contribution < -0.4 is 0 Å². The Bertz CT molecular complexity index is 121. The van der Waals surface area contributed by atoms with Gasteiger partial charge in [0, 0.05) is 11.7 Å². The molecular formula is C5H10BNO2. The molecule has 0 fully saturated rings. The third-order valence-corrected chi connectivity index (χ3v) is 1.46. The summed E-state index contributed by atoms with van der Waals surface area (Å²) in [5, 5.41) is 25.3. The molecule has 50 valence electrons. The number of nitriles is 1. The molecule has 0 aromatic heterocycles. The van der Waals surface area contributed by atoms with Gasteiger partial charge in [-0.3, -0.25) is 0 Å². The maximum atomic E-state index is 8.53. The molecule has 0 aliphatic rings. The number of nitrogens with zero attached hydrogens (tertiary/aromatic N) is 1. The Morgan fingerprint density at radius 3 is 2.00 bits per heavy atom. The zero-order chi connectivity index (χ0) is 7.44. The fraction of sp³-hybridized carbons (Fsp3) is 0.800. The Hall–Kier alpha value is -0.525. The van der Waals surface area contributed by atoms with Crippen LogP contribution in [-0.4, -0.2) is 17.2 Å². The van der Waals surface area contributed by atoms with Crippen LogP contribution in [0.4, 0.5) is 0 Å². The van der Waals surface area contributed by atoms with Gasteiger partial charge < -0.3 is 10.0 Å². The van der Waals surface area contributed by atoms with Crippen LogP contribution in [0.2, 0.25) is 5.82 Å². The zero-order valence-electron chi connectivity index (χ0n) is 5.57. The van der Waals surface area contributed by atoms with Crippen molar-refractivity contribution in [2.24, 2.45) is 5.92 Å². The van der Waals surface area contributed by atoms with Crippen LogP contribution in [0, 0.1) is 17.2 Å². The van der Waals surface area contributed by atoms with E-state index >= 15 is 0 Å². The predicted molar refractivity (Wildman–Crippen MR) is 34.4 cm³/mol. The van der Waals surface area contributed by atoms with E-state index in [-0.39, 0.29) is 11.7 Å². The lowest BCUT2D eigenvalue weighted by Gasteiger charge is -2.09. The average Bonchev–Trinajstić information content (AvgIpc) is 1.84. The molecule has 0 radical (unpaired) electrons. The largest absolute Gasteiger partial charge is 0.455 e. The Kier molecular flexibility index (Phi) is 3.29. The van der Waals surface area contributed by atoms with Gasteiger partial charge in [-0.25, -0.2) is 0 Å². The van der Waals surface area contributed by atoms with E-state index in [1.165, 1.54) is 0 Å². The Morgan fingerprint density at radius 2 is 1.89 bits per heavy atom. The maximum Gasteiger partial charge on any atom is 0.455 e. The summed E-state index contributed by atoms with van der Waals surface area (Å²) in [5.41, 5.74) is 0. The lowest BCUT2D eigenvalue weighted by atomic mass is 9.68. The highest BCUT2D eigenvalue weighted by molar-refractivity contribution is 6.43. The van der Waals surface area contributed by atoms with Gasteiger partial charge in [0.2, 0.25) is 0 Å². The fourth-order valence-corrected chi connectivity index (χ4v) is 0.376. The summed E-state index contributed by atoms with van der Waals surface area (Å²) in [4.78, 5) is 0. The van der Waals surface area contributed by atoms with Crippen LogP contribution >= 0.6 is 0 Å². The minimum atomic E-state index is -1.38. The van der Waals surface area contributed by atoms with Crippen LogP contribution in [0.15, 0.2) is 0 Å². The number of hydrogen-bond donors (Lipinski definition) is 2. The molecule has 0 bridgehead atoms. The van der Waals surface area contributed by atoms with Gasteiger partial charge >= 0.3 is 7.12 Å². The van der Waals surface area contributed by atoms with Gasteiger partial charge in [0.1, 0.15) is 0 Å². The van der Waals surface area contributed by atoms with Gasteiger partial charge in [-0.1, -0.05) is 6.92 Å². The molecule has 2 unspecified atom stereocenters. The normalized spacial score (nSPS) is 15.9. The second kappa shape index (κ2) is 3.49. The first-order valence-electron chi connectivity index (χ1n) is 2.85. The Labute approximate surface area is 55.1 Å². The van der Waals surface area contributed by atoms with E-state index in [9.17, 15) is 0 Å². The number of rotatable bonds is 2. The lowest BCUT2D eigenvalue weighted by molar-refractivity contribution is 0.375. The van der Waals surface area contributed by atoms with E-state index < -0.39 is 7.12 Å². The Morgan fingerprint density at radius 1 is 1.44 bits per heavy atom. The standard InChI is InChI=1S/C5H10BNO2/c1-4(3-7)5(2)6(8)9/h4-5,8-9H,1-2H3. The highest BCUT2D eigenvalue weighted by atomic mass is 16.4. The third-order valence-electron chi connectivity index (χ3n) is 1.46. The monoisotopic (exact) mass is 127 g/mol. The molecule has 2 atom stereocenters. The van der Waals surface area contributed by atoms with Gasteiger partial charge in [0.25, 0.3) is 0 Å². The molecule has 0 saturated heterocycles. The predicted octanol–water partition coefficient (Wildman–Crippen LogP) is 0.00898. The summed E-state index contributed by atoms with van der Waals surface area (Å²) in [5.74, 6) is -0.667. The first-order chi connectivity index (χ1) is 4.09. The summed E-state index contributed by atoms with van der Waals surface area (Å²) < 4.78 is 0. The van der Waals surface area contributed by atoms with E-state index in [1.54, 1.807) is 13.8 Å². The second-order valence-corrected chi connectivity index (χ2v) is 2.19. The molecule has 0 aliphatic heterocycles. The lowest BCUT2D eigenvalue weighted by Crippen LogP contribution is -2.22. The molecule has 0 aliphatic carbocycles. The molecule has 0 rings (SSSR count).